The van der Waals surface area contributed by atoms with E-state index in [0.29, 0.717) is 5.56 Å². The van der Waals surface area contributed by atoms with Gasteiger partial charge in [0.1, 0.15) is 0 Å². The summed E-state index contributed by atoms with van der Waals surface area (Å²) in [5.41, 5.74) is 2.85. The van der Waals surface area contributed by atoms with Gasteiger partial charge in [-0.2, -0.15) is 11.8 Å². The van der Waals surface area contributed by atoms with Crippen LogP contribution in [0.5, 0.6) is 0 Å². The molecule has 0 atom stereocenters. The zero-order valence-corrected chi connectivity index (χ0v) is 10.8. The van der Waals surface area contributed by atoms with E-state index >= 15 is 0 Å². The monoisotopic (exact) mass is 251 g/mol. The van der Waals surface area contributed by atoms with Gasteiger partial charge >= 0.3 is 5.97 Å². The largest absolute Gasteiger partial charge is 0.478 e. The highest BCUT2D eigenvalue weighted by Crippen LogP contribution is 2.24. The van der Waals surface area contributed by atoms with E-state index in [0.717, 1.165) is 19.6 Å². The first kappa shape index (κ1) is 12.5. The third kappa shape index (κ3) is 3.01. The van der Waals surface area contributed by atoms with Crippen LogP contribution in [0.4, 0.5) is 0 Å². The molecule has 0 saturated heterocycles. The molecule has 0 radical (unpaired) electrons. The van der Waals surface area contributed by atoms with E-state index in [4.69, 9.17) is 5.11 Å². The number of carbonyl (C=O) groups is 1. The van der Waals surface area contributed by atoms with Gasteiger partial charge in [-0.1, -0.05) is 6.07 Å². The molecule has 1 aliphatic heterocycles. The SMILES string of the molecule is CSCCCN1Cc2ccc(C(=O)O)cc2C1. The lowest BCUT2D eigenvalue weighted by Crippen LogP contribution is -2.18. The number of hydrogen-bond acceptors (Lipinski definition) is 3. The Morgan fingerprint density at radius 3 is 2.88 bits per heavy atom. The van der Waals surface area contributed by atoms with E-state index in [-0.39, 0.29) is 0 Å². The molecule has 4 heteroatoms. The first-order valence-corrected chi connectivity index (χ1v) is 7.16. The van der Waals surface area contributed by atoms with Crippen molar-refractivity contribution in [1.29, 1.82) is 0 Å². The molecule has 1 N–H and O–H groups in total. The Kier molecular flexibility index (Phi) is 4.07. The van der Waals surface area contributed by atoms with Crippen molar-refractivity contribution in [3.63, 3.8) is 0 Å². The smallest absolute Gasteiger partial charge is 0.335 e. The molecule has 1 aliphatic rings. The molecule has 0 saturated carbocycles. The van der Waals surface area contributed by atoms with Gasteiger partial charge in [-0.05, 0) is 48.2 Å². The van der Waals surface area contributed by atoms with Crippen LogP contribution in [0.1, 0.15) is 27.9 Å². The molecule has 1 aromatic carbocycles. The van der Waals surface area contributed by atoms with Gasteiger partial charge in [-0.3, -0.25) is 4.90 Å². The van der Waals surface area contributed by atoms with Crippen LogP contribution in [-0.4, -0.2) is 34.5 Å². The molecule has 0 bridgehead atoms. The van der Waals surface area contributed by atoms with Crippen LogP contribution < -0.4 is 0 Å². The van der Waals surface area contributed by atoms with Gasteiger partial charge in [0.25, 0.3) is 0 Å². The Labute approximate surface area is 106 Å². The molecule has 1 aromatic rings. The predicted octanol–water partition coefficient (Wildman–Crippen LogP) is 2.45. The second-order valence-electron chi connectivity index (χ2n) is 4.35. The number of thioether (sulfide) groups is 1. The highest BCUT2D eigenvalue weighted by atomic mass is 32.2. The first-order valence-electron chi connectivity index (χ1n) is 5.77. The van der Waals surface area contributed by atoms with Gasteiger partial charge in [-0.15, -0.1) is 0 Å². The van der Waals surface area contributed by atoms with E-state index in [1.165, 1.54) is 23.3 Å². The molecule has 0 amide bonds. The second kappa shape index (κ2) is 5.56. The molecule has 0 fully saturated rings. The second-order valence-corrected chi connectivity index (χ2v) is 5.33. The topological polar surface area (TPSA) is 40.5 Å². The number of nitrogens with zero attached hydrogens (tertiary/aromatic N) is 1. The lowest BCUT2D eigenvalue weighted by atomic mass is 10.1. The Bertz CT molecular complexity index is 420. The van der Waals surface area contributed by atoms with E-state index < -0.39 is 5.97 Å². The summed E-state index contributed by atoms with van der Waals surface area (Å²) in [6.07, 6.45) is 3.32. The van der Waals surface area contributed by atoms with E-state index in [2.05, 4.69) is 11.2 Å². The number of carboxylic acid groups (broad SMARTS) is 1. The standard InChI is InChI=1S/C13H17NO2S/c1-17-6-2-5-14-8-11-4-3-10(13(15)16)7-12(11)9-14/h3-4,7H,2,5-6,8-9H2,1H3,(H,15,16). The van der Waals surface area contributed by atoms with Crippen LogP contribution >= 0.6 is 11.8 Å². The minimum atomic E-state index is -0.839. The van der Waals surface area contributed by atoms with E-state index in [1.54, 1.807) is 6.07 Å². The zero-order valence-electron chi connectivity index (χ0n) is 9.98. The van der Waals surface area contributed by atoms with Gasteiger partial charge in [0.15, 0.2) is 0 Å². The van der Waals surface area contributed by atoms with Crippen molar-refractivity contribution < 1.29 is 9.90 Å². The highest BCUT2D eigenvalue weighted by Gasteiger charge is 2.19. The summed E-state index contributed by atoms with van der Waals surface area (Å²) in [5.74, 6) is 0.348. The number of aromatic carboxylic acids is 1. The fraction of sp³-hybridized carbons (Fsp3) is 0.462. The third-order valence-corrected chi connectivity index (χ3v) is 3.76. The van der Waals surface area contributed by atoms with Crippen LogP contribution in [0.3, 0.4) is 0 Å². The molecular formula is C13H17NO2S. The molecular weight excluding hydrogens is 234 g/mol. The maximum absolute atomic E-state index is 10.9. The lowest BCUT2D eigenvalue weighted by Gasteiger charge is -2.13. The van der Waals surface area contributed by atoms with Gasteiger partial charge < -0.3 is 5.11 Å². The average molecular weight is 251 g/mol. The van der Waals surface area contributed by atoms with Crippen LogP contribution in [-0.2, 0) is 13.1 Å². The Hall–Kier alpha value is -1.00. The van der Waals surface area contributed by atoms with E-state index in [9.17, 15) is 4.79 Å². The minimum Gasteiger partial charge on any atom is -0.478 e. The normalized spacial score (nSPS) is 14.9. The lowest BCUT2D eigenvalue weighted by molar-refractivity contribution is 0.0696. The van der Waals surface area contributed by atoms with Crippen molar-refractivity contribution >= 4 is 17.7 Å². The van der Waals surface area contributed by atoms with E-state index in [1.807, 2.05) is 23.9 Å². The Morgan fingerprint density at radius 1 is 1.41 bits per heavy atom. The zero-order chi connectivity index (χ0) is 12.3. The maximum atomic E-state index is 10.9. The molecule has 2 rings (SSSR count). The summed E-state index contributed by atoms with van der Waals surface area (Å²) in [6.45, 7) is 2.95. The van der Waals surface area contributed by atoms with Crippen molar-refractivity contribution in [3.8, 4) is 0 Å². The van der Waals surface area contributed by atoms with Crippen LogP contribution in [0.25, 0.3) is 0 Å². The number of rotatable bonds is 5. The number of fused-ring (bicyclic) bond motifs is 1. The van der Waals surface area contributed by atoms with Gasteiger partial charge in [-0.25, -0.2) is 4.79 Å². The fourth-order valence-corrected chi connectivity index (χ4v) is 2.61. The summed E-state index contributed by atoms with van der Waals surface area (Å²) in [4.78, 5) is 13.3. The summed E-state index contributed by atoms with van der Waals surface area (Å²) < 4.78 is 0. The van der Waals surface area contributed by atoms with Gasteiger partial charge in [0.2, 0.25) is 0 Å². The average Bonchev–Trinajstić information content (AvgIpc) is 2.70. The molecule has 0 spiro atoms. The van der Waals surface area contributed by atoms with Crippen molar-refractivity contribution in [2.24, 2.45) is 0 Å². The number of hydrogen-bond donors (Lipinski definition) is 1. The molecule has 0 unspecified atom stereocenters. The Balaban J connectivity index is 1.99. The van der Waals surface area contributed by atoms with Crippen molar-refractivity contribution in [1.82, 2.24) is 4.90 Å². The van der Waals surface area contributed by atoms with Gasteiger partial charge in [0, 0.05) is 13.1 Å². The fourth-order valence-electron chi connectivity index (χ4n) is 2.19. The Morgan fingerprint density at radius 2 is 2.18 bits per heavy atom. The van der Waals surface area contributed by atoms with Crippen LogP contribution in [0.2, 0.25) is 0 Å². The van der Waals surface area contributed by atoms with Crippen LogP contribution in [0, 0.1) is 0 Å². The predicted molar refractivity (Wildman–Crippen MR) is 70.5 cm³/mol. The minimum absolute atomic E-state index is 0.398. The van der Waals surface area contributed by atoms with Crippen molar-refractivity contribution in [2.75, 3.05) is 18.6 Å². The van der Waals surface area contributed by atoms with Crippen molar-refractivity contribution in [3.05, 3.63) is 34.9 Å². The summed E-state index contributed by atoms with van der Waals surface area (Å²) in [7, 11) is 0. The summed E-state index contributed by atoms with van der Waals surface area (Å²) >= 11 is 1.87. The maximum Gasteiger partial charge on any atom is 0.335 e. The number of carboxylic acids is 1. The molecule has 0 aliphatic carbocycles. The molecule has 0 aromatic heterocycles. The molecule has 92 valence electrons. The highest BCUT2D eigenvalue weighted by molar-refractivity contribution is 7.98. The molecule has 17 heavy (non-hydrogen) atoms. The van der Waals surface area contributed by atoms with Crippen LogP contribution in [0.15, 0.2) is 18.2 Å². The summed E-state index contributed by atoms with van der Waals surface area (Å²) in [5, 5.41) is 8.94. The molecule has 1 heterocycles. The number of benzene rings is 1. The first-order chi connectivity index (χ1) is 8.20. The summed E-state index contributed by atoms with van der Waals surface area (Å²) in [6, 6.07) is 5.46. The van der Waals surface area contributed by atoms with Gasteiger partial charge in [0.05, 0.1) is 5.56 Å². The third-order valence-electron chi connectivity index (χ3n) is 3.06. The molecule has 3 nitrogen and oxygen atoms in total. The quantitative estimate of drug-likeness (QED) is 0.816. The van der Waals surface area contributed by atoms with Crippen molar-refractivity contribution in [2.45, 2.75) is 19.5 Å².